The van der Waals surface area contributed by atoms with Gasteiger partial charge in [-0.15, -0.1) is 0 Å². The van der Waals surface area contributed by atoms with Crippen LogP contribution in [0.3, 0.4) is 0 Å². The lowest BCUT2D eigenvalue weighted by Gasteiger charge is -2.20. The molecule has 0 atom stereocenters. The molecule has 0 unspecified atom stereocenters. The summed E-state index contributed by atoms with van der Waals surface area (Å²) in [5.41, 5.74) is 5.85. The van der Waals surface area contributed by atoms with Crippen molar-refractivity contribution in [2.24, 2.45) is 7.05 Å². The zero-order valence-corrected chi connectivity index (χ0v) is 17.7. The van der Waals surface area contributed by atoms with E-state index in [0.717, 1.165) is 17.1 Å². The second-order valence-electron chi connectivity index (χ2n) is 7.29. The zero-order valence-electron chi connectivity index (χ0n) is 17.7. The van der Waals surface area contributed by atoms with Crippen LogP contribution in [0.25, 0.3) is 23.1 Å². The van der Waals surface area contributed by atoms with E-state index in [4.69, 9.17) is 4.74 Å². The molecule has 1 aromatic heterocycles. The van der Waals surface area contributed by atoms with Gasteiger partial charge in [-0.1, -0.05) is 24.3 Å². The summed E-state index contributed by atoms with van der Waals surface area (Å²) in [6.07, 6.45) is 4.32. The number of para-hydroxylation sites is 1. The number of hydrogen-bond donors (Lipinski definition) is 0. The van der Waals surface area contributed by atoms with Gasteiger partial charge >= 0.3 is 0 Å². The Morgan fingerprint density at radius 3 is 2.17 bits per heavy atom. The molecule has 30 heavy (non-hydrogen) atoms. The Morgan fingerprint density at radius 1 is 0.800 bits per heavy atom. The van der Waals surface area contributed by atoms with E-state index >= 15 is 0 Å². The summed E-state index contributed by atoms with van der Waals surface area (Å²) in [6, 6.07) is 29.6. The topological polar surface area (TPSA) is 16.4 Å². The van der Waals surface area contributed by atoms with Crippen molar-refractivity contribution in [2.45, 2.75) is 6.92 Å². The van der Waals surface area contributed by atoms with Crippen molar-refractivity contribution >= 4 is 34.4 Å². The van der Waals surface area contributed by atoms with Gasteiger partial charge in [-0.25, -0.2) is 0 Å². The fourth-order valence-corrected chi connectivity index (χ4v) is 3.60. The molecule has 0 saturated carbocycles. The van der Waals surface area contributed by atoms with Gasteiger partial charge in [0.2, 0.25) is 11.2 Å². The Bertz CT molecular complexity index is 1160. The molecule has 0 fully saturated rings. The largest absolute Gasteiger partial charge is 0.494 e. The van der Waals surface area contributed by atoms with Gasteiger partial charge in [0.25, 0.3) is 0 Å². The van der Waals surface area contributed by atoms with Crippen molar-refractivity contribution in [3.63, 3.8) is 0 Å². The monoisotopic (exact) mass is 395 g/mol. The van der Waals surface area contributed by atoms with Crippen LogP contribution in [0.15, 0.2) is 84.9 Å². The second-order valence-corrected chi connectivity index (χ2v) is 7.29. The number of rotatable bonds is 6. The number of ether oxygens (including phenoxy) is 1. The maximum Gasteiger partial charge on any atom is 0.212 e. The quantitative estimate of drug-likeness (QED) is 0.372. The number of nitrogens with zero attached hydrogens (tertiary/aromatic N) is 2. The molecule has 0 N–H and O–H groups in total. The Labute approximate surface area is 178 Å². The van der Waals surface area contributed by atoms with Crippen molar-refractivity contribution in [1.82, 2.24) is 0 Å². The smallest absolute Gasteiger partial charge is 0.212 e. The highest BCUT2D eigenvalue weighted by Crippen LogP contribution is 2.26. The molecule has 0 bridgehead atoms. The van der Waals surface area contributed by atoms with Crippen LogP contribution in [0.1, 0.15) is 18.2 Å². The number of anilines is 2. The fraction of sp³-hybridized carbons (Fsp3) is 0.148. The fourth-order valence-electron chi connectivity index (χ4n) is 3.60. The summed E-state index contributed by atoms with van der Waals surface area (Å²) >= 11 is 0. The predicted molar refractivity (Wildman–Crippen MR) is 126 cm³/mol. The van der Waals surface area contributed by atoms with E-state index in [-0.39, 0.29) is 0 Å². The molecule has 0 aliphatic carbocycles. The van der Waals surface area contributed by atoms with E-state index in [1.54, 1.807) is 0 Å². The first kappa shape index (κ1) is 19.7. The number of aromatic nitrogens is 1. The van der Waals surface area contributed by atoms with Gasteiger partial charge in [0.05, 0.1) is 6.61 Å². The van der Waals surface area contributed by atoms with E-state index in [9.17, 15) is 0 Å². The van der Waals surface area contributed by atoms with E-state index in [1.807, 2.05) is 19.1 Å². The lowest BCUT2D eigenvalue weighted by molar-refractivity contribution is -0.646. The summed E-state index contributed by atoms with van der Waals surface area (Å²) in [5, 5.41) is 1.25. The van der Waals surface area contributed by atoms with Gasteiger partial charge in [0, 0.05) is 42.0 Å². The summed E-state index contributed by atoms with van der Waals surface area (Å²) in [4.78, 5) is 2.17. The maximum absolute atomic E-state index is 5.53. The first-order valence-electron chi connectivity index (χ1n) is 10.3. The molecule has 3 heteroatoms. The summed E-state index contributed by atoms with van der Waals surface area (Å²) in [5.74, 6) is 0.900. The minimum absolute atomic E-state index is 0.682. The molecule has 1 heterocycles. The lowest BCUT2D eigenvalue weighted by Crippen LogP contribution is -2.32. The van der Waals surface area contributed by atoms with Crippen molar-refractivity contribution in [3.05, 3.63) is 96.2 Å². The van der Waals surface area contributed by atoms with Crippen LogP contribution in [-0.4, -0.2) is 13.7 Å². The second kappa shape index (κ2) is 8.83. The molecular formula is C27H27N2O+. The molecule has 0 aliphatic rings. The Balaban J connectivity index is 1.50. The van der Waals surface area contributed by atoms with Gasteiger partial charge in [-0.05, 0) is 67.1 Å². The first-order chi connectivity index (χ1) is 14.7. The third kappa shape index (κ3) is 4.20. The normalized spacial score (nSPS) is 11.2. The van der Waals surface area contributed by atoms with Crippen LogP contribution in [-0.2, 0) is 7.05 Å². The number of fused-ring (bicyclic) bond motifs is 1. The average molecular weight is 396 g/mol. The summed E-state index contributed by atoms with van der Waals surface area (Å²) < 4.78 is 7.75. The molecule has 3 nitrogen and oxygen atoms in total. The number of hydrogen-bond acceptors (Lipinski definition) is 2. The van der Waals surface area contributed by atoms with Crippen molar-refractivity contribution < 1.29 is 9.30 Å². The Kier molecular flexibility index (Phi) is 5.80. The van der Waals surface area contributed by atoms with Gasteiger partial charge in [-0.3, -0.25) is 0 Å². The van der Waals surface area contributed by atoms with E-state index < -0.39 is 0 Å². The first-order valence-corrected chi connectivity index (χ1v) is 10.3. The molecule has 150 valence electrons. The van der Waals surface area contributed by atoms with Gasteiger partial charge in [-0.2, -0.15) is 4.57 Å². The highest BCUT2D eigenvalue weighted by Gasteiger charge is 2.08. The number of aryl methyl sites for hydroxylation is 1. The van der Waals surface area contributed by atoms with Crippen molar-refractivity contribution in [2.75, 3.05) is 18.6 Å². The van der Waals surface area contributed by atoms with Crippen molar-refractivity contribution in [1.29, 1.82) is 0 Å². The lowest BCUT2D eigenvalue weighted by atomic mass is 10.1. The van der Waals surface area contributed by atoms with E-state index in [0.29, 0.717) is 6.61 Å². The van der Waals surface area contributed by atoms with Crippen LogP contribution in [0.2, 0.25) is 0 Å². The van der Waals surface area contributed by atoms with Crippen LogP contribution in [0.5, 0.6) is 5.75 Å². The molecule has 4 aromatic rings. The summed E-state index contributed by atoms with van der Waals surface area (Å²) in [6.45, 7) is 2.68. The number of benzene rings is 3. The van der Waals surface area contributed by atoms with Gasteiger partial charge < -0.3 is 9.64 Å². The van der Waals surface area contributed by atoms with Crippen LogP contribution >= 0.6 is 0 Å². The van der Waals surface area contributed by atoms with Crippen LogP contribution < -0.4 is 14.2 Å². The molecule has 0 amide bonds. The molecule has 0 aliphatic heterocycles. The molecular weight excluding hydrogens is 368 g/mol. The summed E-state index contributed by atoms with van der Waals surface area (Å²) in [7, 11) is 4.19. The SMILES string of the molecule is CCOc1ccc(N(C)c2ccc(/C=C/c3ccc4ccccc4[n+]3C)cc2)cc1. The molecule has 0 radical (unpaired) electrons. The highest BCUT2D eigenvalue weighted by atomic mass is 16.5. The molecule has 0 saturated heterocycles. The van der Waals surface area contributed by atoms with E-state index in [1.165, 1.54) is 22.2 Å². The van der Waals surface area contributed by atoms with Crippen LogP contribution in [0, 0.1) is 0 Å². The number of pyridine rings is 1. The standard InChI is InChI=1S/C27H27N2O/c1-4-30-26-19-17-24(18-20-26)28(2)23-13-9-21(10-14-23)11-15-25-16-12-22-7-5-6-8-27(22)29(25)3/h5-20H,4H2,1-3H3/q+1. The Hall–Kier alpha value is -3.59. The van der Waals surface area contributed by atoms with Crippen LogP contribution in [0.4, 0.5) is 11.4 Å². The van der Waals surface area contributed by atoms with Gasteiger partial charge in [0.1, 0.15) is 12.8 Å². The van der Waals surface area contributed by atoms with E-state index in [2.05, 4.69) is 109 Å². The minimum Gasteiger partial charge on any atom is -0.494 e. The maximum atomic E-state index is 5.53. The van der Waals surface area contributed by atoms with Crippen molar-refractivity contribution in [3.8, 4) is 5.75 Å². The average Bonchev–Trinajstić information content (AvgIpc) is 2.79. The zero-order chi connectivity index (χ0) is 20.9. The molecule has 4 rings (SSSR count). The molecule has 0 spiro atoms. The van der Waals surface area contributed by atoms with Gasteiger partial charge in [0.15, 0.2) is 0 Å². The minimum atomic E-state index is 0.682. The third-order valence-electron chi connectivity index (χ3n) is 5.38. The highest BCUT2D eigenvalue weighted by molar-refractivity contribution is 5.77. The third-order valence-corrected chi connectivity index (χ3v) is 5.38. The Morgan fingerprint density at radius 2 is 1.47 bits per heavy atom. The molecule has 3 aromatic carbocycles. The predicted octanol–water partition coefficient (Wildman–Crippen LogP) is 6.00.